The summed E-state index contributed by atoms with van der Waals surface area (Å²) in [6.07, 6.45) is 0.254. The summed E-state index contributed by atoms with van der Waals surface area (Å²) in [4.78, 5) is 27.3. The molecule has 1 aliphatic heterocycles. The number of thiophene rings is 1. The molecule has 7 heteroatoms. The van der Waals surface area contributed by atoms with Crippen LogP contribution in [0.2, 0.25) is 0 Å². The lowest BCUT2D eigenvalue weighted by atomic mass is 10.1. The molecule has 1 saturated heterocycles. The first-order valence-corrected chi connectivity index (χ1v) is 9.28. The van der Waals surface area contributed by atoms with E-state index in [2.05, 4.69) is 15.0 Å². The highest BCUT2D eigenvalue weighted by Gasteiger charge is 2.24. The number of ether oxygens (including phenoxy) is 2. The second-order valence-corrected chi connectivity index (χ2v) is 7.37. The zero-order valence-electron chi connectivity index (χ0n) is 15.0. The lowest BCUT2D eigenvalue weighted by molar-refractivity contribution is -0.00517. The van der Waals surface area contributed by atoms with Crippen molar-refractivity contribution in [1.29, 1.82) is 0 Å². The number of nitrogens with zero attached hydrogens (tertiary/aromatic N) is 1. The molecule has 6 nitrogen and oxygen atoms in total. The highest BCUT2D eigenvalue weighted by Crippen LogP contribution is 2.29. The van der Waals surface area contributed by atoms with E-state index in [1.54, 1.807) is 12.1 Å². The van der Waals surface area contributed by atoms with E-state index in [-0.39, 0.29) is 18.1 Å². The largest absolute Gasteiger partial charge is 0.465 e. The van der Waals surface area contributed by atoms with Crippen molar-refractivity contribution in [1.82, 2.24) is 0 Å². The van der Waals surface area contributed by atoms with Gasteiger partial charge >= 0.3 is 5.97 Å². The van der Waals surface area contributed by atoms with Crippen molar-refractivity contribution < 1.29 is 19.1 Å². The minimum atomic E-state index is -0.439. The van der Waals surface area contributed by atoms with Crippen LogP contribution in [0.15, 0.2) is 36.4 Å². The smallest absolute Gasteiger partial charge is 0.348 e. The second-order valence-electron chi connectivity index (χ2n) is 6.29. The third-order valence-electron chi connectivity index (χ3n) is 4.13. The highest BCUT2D eigenvalue weighted by atomic mass is 32.1. The molecule has 1 N–H and O–H groups in total. The third-order valence-corrected chi connectivity index (χ3v) is 5.19. The van der Waals surface area contributed by atoms with Crippen LogP contribution in [0.25, 0.3) is 0 Å². The third kappa shape index (κ3) is 4.05. The number of hydrogen-bond acceptors (Lipinski definition) is 6. The molecule has 1 aromatic heterocycles. The van der Waals surface area contributed by atoms with Crippen LogP contribution in [0.5, 0.6) is 0 Å². The molecular weight excluding hydrogens is 352 g/mol. The molecule has 1 aliphatic rings. The molecule has 2 heterocycles. The maximum Gasteiger partial charge on any atom is 0.348 e. The van der Waals surface area contributed by atoms with E-state index < -0.39 is 5.97 Å². The Labute approximate surface area is 156 Å². The van der Waals surface area contributed by atoms with Gasteiger partial charge in [-0.25, -0.2) is 4.79 Å². The maximum absolute atomic E-state index is 12.6. The van der Waals surface area contributed by atoms with Gasteiger partial charge in [0.15, 0.2) is 0 Å². The van der Waals surface area contributed by atoms with Gasteiger partial charge in [0.1, 0.15) is 4.88 Å². The first-order valence-electron chi connectivity index (χ1n) is 8.47. The number of methoxy groups -OCH3 is 1. The van der Waals surface area contributed by atoms with E-state index in [4.69, 9.17) is 4.74 Å². The quantitative estimate of drug-likeness (QED) is 0.831. The Hall–Kier alpha value is -2.38. The fourth-order valence-corrected chi connectivity index (χ4v) is 3.90. The molecular formula is C19H22N2O4S. The van der Waals surface area contributed by atoms with E-state index >= 15 is 0 Å². The van der Waals surface area contributed by atoms with Gasteiger partial charge in [-0.3, -0.25) is 4.79 Å². The molecule has 2 unspecified atom stereocenters. The molecule has 1 fully saturated rings. The Bertz CT molecular complexity index is 794. The summed E-state index contributed by atoms with van der Waals surface area (Å²) in [5.74, 6) is -0.683. The normalized spacial score (nSPS) is 19.9. The summed E-state index contributed by atoms with van der Waals surface area (Å²) >= 11 is 1.11. The zero-order chi connectivity index (χ0) is 18.7. The topological polar surface area (TPSA) is 67.9 Å². The predicted octanol–water partition coefficient (Wildman–Crippen LogP) is 3.40. The Morgan fingerprint density at radius 1 is 1.12 bits per heavy atom. The van der Waals surface area contributed by atoms with Crippen molar-refractivity contribution in [3.05, 3.63) is 46.2 Å². The molecule has 26 heavy (non-hydrogen) atoms. The average Bonchev–Trinajstić information content (AvgIpc) is 3.11. The molecule has 0 spiro atoms. The first kappa shape index (κ1) is 18.4. The Morgan fingerprint density at radius 2 is 1.77 bits per heavy atom. The van der Waals surface area contributed by atoms with Gasteiger partial charge < -0.3 is 19.7 Å². The Balaban J connectivity index is 1.79. The summed E-state index contributed by atoms with van der Waals surface area (Å²) in [6.45, 7) is 5.62. The Kier molecular flexibility index (Phi) is 5.58. The van der Waals surface area contributed by atoms with Crippen LogP contribution in [-0.4, -0.2) is 44.3 Å². The number of nitrogens with one attached hydrogen (secondary N) is 1. The summed E-state index contributed by atoms with van der Waals surface area (Å²) in [5.41, 5.74) is 1.71. The number of carbonyl (C=O) groups is 2. The molecule has 3 rings (SSSR count). The van der Waals surface area contributed by atoms with Gasteiger partial charge in [0.25, 0.3) is 5.91 Å². The van der Waals surface area contributed by atoms with E-state index in [1.165, 1.54) is 7.11 Å². The first-order chi connectivity index (χ1) is 12.5. The maximum atomic E-state index is 12.6. The molecule has 0 radical (unpaired) electrons. The Morgan fingerprint density at radius 3 is 2.46 bits per heavy atom. The van der Waals surface area contributed by atoms with Crippen molar-refractivity contribution in [3.63, 3.8) is 0 Å². The fraction of sp³-hybridized carbons (Fsp3) is 0.368. The van der Waals surface area contributed by atoms with Crippen LogP contribution in [0.4, 0.5) is 11.4 Å². The molecule has 2 aromatic rings. The summed E-state index contributed by atoms with van der Waals surface area (Å²) in [5, 5.41) is 2.96. The minimum absolute atomic E-state index is 0.127. The van der Waals surface area contributed by atoms with Crippen LogP contribution in [0.3, 0.4) is 0 Å². The minimum Gasteiger partial charge on any atom is -0.465 e. The number of para-hydroxylation sites is 2. The monoisotopic (exact) mass is 374 g/mol. The van der Waals surface area contributed by atoms with E-state index in [9.17, 15) is 9.59 Å². The fourth-order valence-electron chi connectivity index (χ4n) is 3.08. The van der Waals surface area contributed by atoms with Gasteiger partial charge in [0, 0.05) is 13.1 Å². The second kappa shape index (κ2) is 7.88. The molecule has 2 atom stereocenters. The molecule has 1 amide bonds. The number of anilines is 2. The predicted molar refractivity (Wildman–Crippen MR) is 102 cm³/mol. The van der Waals surface area contributed by atoms with Gasteiger partial charge in [-0.2, -0.15) is 0 Å². The van der Waals surface area contributed by atoms with Crippen molar-refractivity contribution in [2.75, 3.05) is 30.4 Å². The summed E-state index contributed by atoms with van der Waals surface area (Å²) in [7, 11) is 1.32. The molecule has 0 bridgehead atoms. The molecule has 1 aromatic carbocycles. The lowest BCUT2D eigenvalue weighted by Crippen LogP contribution is -2.45. The number of carbonyl (C=O) groups excluding carboxylic acids is 2. The molecule has 138 valence electrons. The highest BCUT2D eigenvalue weighted by molar-refractivity contribution is 7.16. The number of rotatable bonds is 4. The lowest BCUT2D eigenvalue weighted by Gasteiger charge is -2.37. The van der Waals surface area contributed by atoms with Gasteiger partial charge in [0.2, 0.25) is 0 Å². The van der Waals surface area contributed by atoms with Crippen LogP contribution in [0, 0.1) is 0 Å². The number of morpholine rings is 1. The molecule has 0 saturated carbocycles. The van der Waals surface area contributed by atoms with Gasteiger partial charge in [-0.05, 0) is 38.1 Å². The van der Waals surface area contributed by atoms with E-state index in [0.717, 1.165) is 35.8 Å². The van der Waals surface area contributed by atoms with Crippen LogP contribution in [0.1, 0.15) is 33.2 Å². The van der Waals surface area contributed by atoms with Gasteiger partial charge in [-0.15, -0.1) is 11.3 Å². The zero-order valence-corrected chi connectivity index (χ0v) is 15.8. The molecule has 0 aliphatic carbocycles. The van der Waals surface area contributed by atoms with Crippen LogP contribution in [-0.2, 0) is 9.47 Å². The van der Waals surface area contributed by atoms with Crippen molar-refractivity contribution in [2.24, 2.45) is 0 Å². The van der Waals surface area contributed by atoms with Crippen molar-refractivity contribution in [2.45, 2.75) is 26.1 Å². The number of esters is 1. The van der Waals surface area contributed by atoms with Gasteiger partial charge in [0.05, 0.1) is 35.6 Å². The van der Waals surface area contributed by atoms with Crippen LogP contribution >= 0.6 is 11.3 Å². The van der Waals surface area contributed by atoms with Gasteiger partial charge in [-0.1, -0.05) is 12.1 Å². The number of benzene rings is 1. The average molecular weight is 374 g/mol. The van der Waals surface area contributed by atoms with Crippen molar-refractivity contribution in [3.8, 4) is 0 Å². The van der Waals surface area contributed by atoms with E-state index in [0.29, 0.717) is 9.75 Å². The number of amides is 1. The van der Waals surface area contributed by atoms with Crippen molar-refractivity contribution >= 4 is 34.6 Å². The standard InChI is InChI=1S/C19H22N2O4S/c1-12-10-21(11-13(2)25-12)15-7-5-4-6-14(15)20-18(22)16-8-9-17(26-16)19(23)24-3/h4-9,12-13H,10-11H2,1-3H3,(H,20,22). The van der Waals surface area contributed by atoms with Crippen LogP contribution < -0.4 is 10.2 Å². The van der Waals surface area contributed by atoms with E-state index in [1.807, 2.05) is 38.1 Å². The number of hydrogen-bond donors (Lipinski definition) is 1. The summed E-state index contributed by atoms with van der Waals surface area (Å²) in [6, 6.07) is 11.0. The summed E-state index contributed by atoms with van der Waals surface area (Å²) < 4.78 is 10.5. The SMILES string of the molecule is COC(=O)c1ccc(C(=O)Nc2ccccc2N2CC(C)OC(C)C2)s1.